The van der Waals surface area contributed by atoms with Crippen molar-refractivity contribution in [3.05, 3.63) is 12.2 Å². The molecule has 0 aromatic rings. The minimum Gasteiger partial charge on any atom is -0.478 e. The molecule has 0 saturated carbocycles. The highest BCUT2D eigenvalue weighted by Gasteiger charge is 2.10. The van der Waals surface area contributed by atoms with Crippen molar-refractivity contribution in [2.24, 2.45) is 5.41 Å². The first kappa shape index (κ1) is 12.2. The second-order valence-corrected chi connectivity index (χ2v) is 4.27. The van der Waals surface area contributed by atoms with Gasteiger partial charge in [-0.05, 0) is 11.8 Å². The summed E-state index contributed by atoms with van der Waals surface area (Å²) < 4.78 is 5.15. The maximum Gasteiger partial charge on any atom is 0.333 e. The molecule has 0 aliphatic rings. The zero-order chi connectivity index (χ0) is 10.5. The number of hydrogen-bond donors (Lipinski definition) is 1. The van der Waals surface area contributed by atoms with Crippen LogP contribution < -0.4 is 0 Å². The van der Waals surface area contributed by atoms with Crippen molar-refractivity contribution >= 4 is 5.97 Å². The smallest absolute Gasteiger partial charge is 0.333 e. The average molecular weight is 186 g/mol. The first-order valence-corrected chi connectivity index (χ1v) is 4.32. The summed E-state index contributed by atoms with van der Waals surface area (Å²) in [4.78, 5) is 10.3. The van der Waals surface area contributed by atoms with Gasteiger partial charge in [0.2, 0.25) is 0 Å². The maximum absolute atomic E-state index is 10.3. The molecule has 3 heteroatoms. The fraction of sp³-hybridized carbons (Fsp3) is 0.700. The van der Waals surface area contributed by atoms with Gasteiger partial charge in [0.15, 0.2) is 0 Å². The van der Waals surface area contributed by atoms with Crippen LogP contribution in [0.4, 0.5) is 0 Å². The van der Waals surface area contributed by atoms with Gasteiger partial charge in [-0.15, -0.1) is 0 Å². The molecule has 0 atom stereocenters. The van der Waals surface area contributed by atoms with Crippen LogP contribution in [0.15, 0.2) is 12.2 Å². The lowest BCUT2D eigenvalue weighted by molar-refractivity contribution is -0.133. The molecule has 0 aromatic heterocycles. The summed E-state index contributed by atoms with van der Waals surface area (Å²) in [5.41, 5.74) is 0.332. The van der Waals surface area contributed by atoms with Gasteiger partial charge in [-0.2, -0.15) is 0 Å². The summed E-state index contributed by atoms with van der Waals surface area (Å²) in [5.74, 6) is -0.990. The molecule has 0 radical (unpaired) electrons. The number of carbonyl (C=O) groups is 1. The second kappa shape index (κ2) is 5.02. The summed E-state index contributed by atoms with van der Waals surface area (Å²) in [7, 11) is 0. The lowest BCUT2D eigenvalue weighted by Crippen LogP contribution is -2.12. The predicted molar refractivity (Wildman–Crippen MR) is 51.7 cm³/mol. The molecule has 0 fully saturated rings. The lowest BCUT2D eigenvalue weighted by atomic mass is 9.93. The number of aliphatic carboxylic acids is 1. The van der Waals surface area contributed by atoms with Crippen molar-refractivity contribution in [1.82, 2.24) is 0 Å². The Morgan fingerprint density at radius 3 is 2.38 bits per heavy atom. The molecule has 0 aliphatic carbocycles. The van der Waals surface area contributed by atoms with Crippen molar-refractivity contribution in [3.63, 3.8) is 0 Å². The van der Waals surface area contributed by atoms with Crippen LogP contribution >= 0.6 is 0 Å². The molecule has 13 heavy (non-hydrogen) atoms. The fourth-order valence-electron chi connectivity index (χ4n) is 0.635. The summed E-state index contributed by atoms with van der Waals surface area (Å²) in [6.07, 6.45) is 0.917. The molecular formula is C10H18O3. The second-order valence-electron chi connectivity index (χ2n) is 4.27. The normalized spacial score (nSPS) is 11.3. The van der Waals surface area contributed by atoms with Crippen molar-refractivity contribution in [1.29, 1.82) is 0 Å². The van der Waals surface area contributed by atoms with Crippen molar-refractivity contribution in [2.75, 3.05) is 13.2 Å². The van der Waals surface area contributed by atoms with Crippen LogP contribution in [0.3, 0.4) is 0 Å². The molecule has 0 heterocycles. The monoisotopic (exact) mass is 186 g/mol. The standard InChI is InChI=1S/C10H18O3/c1-8(9(11)12)7-13-6-5-10(2,3)4/h1,5-7H2,2-4H3,(H,11,12). The Balaban J connectivity index is 3.47. The third kappa shape index (κ3) is 7.53. The van der Waals surface area contributed by atoms with Crippen LogP contribution in [0.25, 0.3) is 0 Å². The summed E-state index contributed by atoms with van der Waals surface area (Å²) in [6, 6.07) is 0. The summed E-state index contributed by atoms with van der Waals surface area (Å²) in [6.45, 7) is 10.4. The Hall–Kier alpha value is -0.830. The highest BCUT2D eigenvalue weighted by molar-refractivity contribution is 5.85. The van der Waals surface area contributed by atoms with Crippen molar-refractivity contribution in [3.8, 4) is 0 Å². The minimum absolute atomic E-state index is 0.105. The highest BCUT2D eigenvalue weighted by Crippen LogP contribution is 2.17. The third-order valence-corrected chi connectivity index (χ3v) is 1.58. The van der Waals surface area contributed by atoms with Crippen molar-refractivity contribution in [2.45, 2.75) is 27.2 Å². The zero-order valence-electron chi connectivity index (χ0n) is 8.59. The molecule has 0 saturated heterocycles. The Bertz CT molecular complexity index is 189. The van der Waals surface area contributed by atoms with Gasteiger partial charge in [0.25, 0.3) is 0 Å². The molecule has 1 N–H and O–H groups in total. The van der Waals surface area contributed by atoms with E-state index in [1.54, 1.807) is 0 Å². The van der Waals surface area contributed by atoms with Crippen LogP contribution in [-0.4, -0.2) is 24.3 Å². The van der Waals surface area contributed by atoms with Gasteiger partial charge < -0.3 is 9.84 Å². The summed E-state index contributed by atoms with van der Waals surface area (Å²) >= 11 is 0. The van der Waals surface area contributed by atoms with Crippen LogP contribution in [-0.2, 0) is 9.53 Å². The fourth-order valence-corrected chi connectivity index (χ4v) is 0.635. The quantitative estimate of drug-likeness (QED) is 0.528. The first-order valence-electron chi connectivity index (χ1n) is 4.32. The van der Waals surface area contributed by atoms with Gasteiger partial charge in [0, 0.05) is 6.61 Å². The van der Waals surface area contributed by atoms with E-state index in [-0.39, 0.29) is 17.6 Å². The molecule has 0 aliphatic heterocycles. The molecule has 0 rings (SSSR count). The SMILES string of the molecule is C=C(COCCC(C)(C)C)C(=O)O. The Kier molecular flexibility index (Phi) is 4.70. The van der Waals surface area contributed by atoms with Gasteiger partial charge in [-0.25, -0.2) is 4.79 Å². The molecule has 3 nitrogen and oxygen atoms in total. The van der Waals surface area contributed by atoms with Gasteiger partial charge in [0.05, 0.1) is 12.2 Å². The van der Waals surface area contributed by atoms with Gasteiger partial charge in [-0.3, -0.25) is 0 Å². The maximum atomic E-state index is 10.3. The number of ether oxygens (including phenoxy) is 1. The van der Waals surface area contributed by atoms with E-state index in [4.69, 9.17) is 9.84 Å². The van der Waals surface area contributed by atoms with E-state index in [1.807, 2.05) is 0 Å². The summed E-state index contributed by atoms with van der Waals surface area (Å²) in [5, 5.41) is 8.46. The van der Waals surface area contributed by atoms with Gasteiger partial charge >= 0.3 is 5.97 Å². The molecule has 76 valence electrons. The van der Waals surface area contributed by atoms with Crippen LogP contribution in [0.5, 0.6) is 0 Å². The van der Waals surface area contributed by atoms with Gasteiger partial charge in [-0.1, -0.05) is 27.4 Å². The largest absolute Gasteiger partial charge is 0.478 e. The number of hydrogen-bond acceptors (Lipinski definition) is 2. The van der Waals surface area contributed by atoms with Crippen LogP contribution in [0.2, 0.25) is 0 Å². The van der Waals surface area contributed by atoms with E-state index in [1.165, 1.54) is 0 Å². The number of carboxylic acid groups (broad SMARTS) is 1. The molecule has 0 amide bonds. The highest BCUT2D eigenvalue weighted by atomic mass is 16.5. The third-order valence-electron chi connectivity index (χ3n) is 1.58. The number of carboxylic acids is 1. The van der Waals surface area contributed by atoms with Crippen molar-refractivity contribution < 1.29 is 14.6 Å². The number of rotatable bonds is 5. The molecule has 0 aromatic carbocycles. The first-order chi connectivity index (χ1) is 5.83. The molecule has 0 spiro atoms. The topological polar surface area (TPSA) is 46.5 Å². The van der Waals surface area contributed by atoms with Crippen LogP contribution in [0, 0.1) is 5.41 Å². The minimum atomic E-state index is -0.990. The van der Waals surface area contributed by atoms with E-state index in [9.17, 15) is 4.79 Å². The van der Waals surface area contributed by atoms with E-state index in [2.05, 4.69) is 27.4 Å². The average Bonchev–Trinajstić information content (AvgIpc) is 1.95. The Morgan fingerprint density at radius 1 is 1.46 bits per heavy atom. The van der Waals surface area contributed by atoms with E-state index < -0.39 is 5.97 Å². The van der Waals surface area contributed by atoms with Gasteiger partial charge in [0.1, 0.15) is 0 Å². The molecule has 0 unspecified atom stereocenters. The van der Waals surface area contributed by atoms with E-state index in [0.29, 0.717) is 6.61 Å². The Labute approximate surface area is 79.4 Å². The van der Waals surface area contributed by atoms with E-state index >= 15 is 0 Å². The lowest BCUT2D eigenvalue weighted by Gasteiger charge is -2.17. The Morgan fingerprint density at radius 2 is 2.00 bits per heavy atom. The zero-order valence-corrected chi connectivity index (χ0v) is 8.59. The van der Waals surface area contributed by atoms with E-state index in [0.717, 1.165) is 6.42 Å². The molecule has 0 bridgehead atoms. The predicted octanol–water partition coefficient (Wildman–Crippen LogP) is 2.08. The molecular weight excluding hydrogens is 168 g/mol. The van der Waals surface area contributed by atoms with Crippen LogP contribution in [0.1, 0.15) is 27.2 Å².